The Balaban J connectivity index is 0.000000354. The summed E-state index contributed by atoms with van der Waals surface area (Å²) < 4.78 is 5.63. The minimum absolute atomic E-state index is 0.0629. The van der Waals surface area contributed by atoms with E-state index in [4.69, 9.17) is 14.6 Å². The highest BCUT2D eigenvalue weighted by Gasteiger charge is 2.27. The van der Waals surface area contributed by atoms with Gasteiger partial charge in [0.05, 0.1) is 0 Å². The van der Waals surface area contributed by atoms with Crippen molar-refractivity contribution in [2.75, 3.05) is 44.9 Å². The summed E-state index contributed by atoms with van der Waals surface area (Å²) in [5, 5.41) is 21.8. The van der Waals surface area contributed by atoms with Crippen LogP contribution < -0.4 is 26.9 Å². The first kappa shape index (κ1) is 35.4. The van der Waals surface area contributed by atoms with Crippen LogP contribution in [-0.4, -0.2) is 74.0 Å². The fourth-order valence-electron chi connectivity index (χ4n) is 4.54. The number of hydrogen-bond donors (Lipinski definition) is 5. The van der Waals surface area contributed by atoms with Gasteiger partial charge in [0.2, 0.25) is 11.8 Å². The summed E-state index contributed by atoms with van der Waals surface area (Å²) >= 11 is 1.75. The number of nitrogens with zero attached hydrogens (tertiary/aromatic N) is 1. The van der Waals surface area contributed by atoms with E-state index < -0.39 is 11.9 Å². The predicted octanol–water partition coefficient (Wildman–Crippen LogP) is 2.12. The molecule has 3 heterocycles. The van der Waals surface area contributed by atoms with Gasteiger partial charge in [-0.15, -0.1) is 0 Å². The standard InChI is InChI=1S/C17H19NO2S.C6H11NO3.C4H7NO3.CH5N/c1-21-10-12-9-15(19)20-17-13-5-3-7-18-6-2-4-11(16(13)18)8-14(12)17;1-7-5(8)3-2-4-6(9)10;1-3(6)5-2-4(7)8;1-2/h8-9H,2-7,10H2,1H3;2-4H2,1H3,(H,7,8)(H,9,10);2H2,1H3,(H,5,6)(H,7,8);2H2,1H3. The van der Waals surface area contributed by atoms with Gasteiger partial charge in [-0.1, -0.05) is 0 Å². The number of carboxylic acid groups (broad SMARTS) is 2. The van der Waals surface area contributed by atoms with Gasteiger partial charge in [0.1, 0.15) is 12.1 Å². The van der Waals surface area contributed by atoms with Crippen LogP contribution in [0.1, 0.15) is 55.7 Å². The summed E-state index contributed by atoms with van der Waals surface area (Å²) in [6.45, 7) is 3.25. The van der Waals surface area contributed by atoms with E-state index >= 15 is 0 Å². The molecule has 0 unspecified atom stereocenters. The van der Waals surface area contributed by atoms with Crippen LogP contribution in [0.4, 0.5) is 5.69 Å². The van der Waals surface area contributed by atoms with Gasteiger partial charge in [-0.3, -0.25) is 19.2 Å². The van der Waals surface area contributed by atoms with Crippen molar-refractivity contribution in [1.82, 2.24) is 10.6 Å². The van der Waals surface area contributed by atoms with Gasteiger partial charge in [0, 0.05) is 68.4 Å². The molecule has 1 aromatic heterocycles. The number of carbonyl (C=O) groups is 4. The quantitative estimate of drug-likeness (QED) is 0.281. The molecule has 2 amide bonds. The third-order valence-corrected chi connectivity index (χ3v) is 6.77. The van der Waals surface area contributed by atoms with Gasteiger partial charge in [0.15, 0.2) is 0 Å². The number of amides is 2. The molecule has 1 aromatic carbocycles. The van der Waals surface area contributed by atoms with Crippen LogP contribution in [-0.2, 0) is 37.8 Å². The van der Waals surface area contributed by atoms with E-state index in [1.807, 2.05) is 0 Å². The molecule has 0 spiro atoms. The number of aliphatic carboxylic acids is 2. The highest BCUT2D eigenvalue weighted by molar-refractivity contribution is 7.97. The second-order valence-corrected chi connectivity index (χ2v) is 10.0. The van der Waals surface area contributed by atoms with E-state index in [9.17, 15) is 24.0 Å². The van der Waals surface area contributed by atoms with Gasteiger partial charge < -0.3 is 35.9 Å². The van der Waals surface area contributed by atoms with Crippen molar-refractivity contribution < 1.29 is 33.8 Å². The number of anilines is 1. The number of carbonyl (C=O) groups excluding carboxylic acids is 2. The van der Waals surface area contributed by atoms with E-state index in [1.54, 1.807) is 17.8 Å². The molecule has 4 rings (SSSR count). The van der Waals surface area contributed by atoms with Crippen molar-refractivity contribution in [3.63, 3.8) is 0 Å². The third-order valence-electron chi connectivity index (χ3n) is 6.17. The maximum absolute atomic E-state index is 11.9. The molecule has 2 aliphatic rings. The number of benzene rings is 1. The van der Waals surface area contributed by atoms with Crippen molar-refractivity contribution in [3.8, 4) is 0 Å². The topological polar surface area (TPSA) is 192 Å². The number of rotatable bonds is 8. The number of nitrogens with one attached hydrogen (secondary N) is 2. The number of thioether (sulfide) groups is 1. The highest BCUT2D eigenvalue weighted by atomic mass is 32.2. The average molecular weight is 595 g/mol. The van der Waals surface area contributed by atoms with E-state index in [0.29, 0.717) is 12.8 Å². The lowest BCUT2D eigenvalue weighted by Crippen LogP contribution is -2.34. The first-order valence-electron chi connectivity index (χ1n) is 13.4. The number of aryl methyl sites for hydroxylation is 2. The summed E-state index contributed by atoms with van der Waals surface area (Å²) in [6, 6.07) is 3.95. The molecule has 12 nitrogen and oxygen atoms in total. The molecule has 0 atom stereocenters. The summed E-state index contributed by atoms with van der Waals surface area (Å²) in [6.07, 6.45) is 7.40. The number of hydrogen-bond acceptors (Lipinski definition) is 9. The zero-order valence-corrected chi connectivity index (χ0v) is 25.0. The van der Waals surface area contributed by atoms with Crippen molar-refractivity contribution in [3.05, 3.63) is 39.2 Å². The van der Waals surface area contributed by atoms with Gasteiger partial charge in [-0.2, -0.15) is 11.8 Å². The second-order valence-electron chi connectivity index (χ2n) is 9.18. The normalized spacial score (nSPS) is 12.7. The maximum Gasteiger partial charge on any atom is 0.336 e. The molecule has 41 heavy (non-hydrogen) atoms. The van der Waals surface area contributed by atoms with Gasteiger partial charge in [0.25, 0.3) is 0 Å². The first-order valence-corrected chi connectivity index (χ1v) is 14.8. The Labute approximate surface area is 244 Å². The molecule has 0 saturated heterocycles. The molecule has 0 fully saturated rings. The van der Waals surface area contributed by atoms with Crippen LogP contribution in [0.5, 0.6) is 0 Å². The summed E-state index contributed by atoms with van der Waals surface area (Å²) in [5.74, 6) is -1.46. The molecule has 228 valence electrons. The Hall–Kier alpha value is -3.58. The van der Waals surface area contributed by atoms with Crippen molar-refractivity contribution >= 4 is 52.2 Å². The lowest BCUT2D eigenvalue weighted by molar-refractivity contribution is -0.138. The number of nitrogens with two attached hydrogens (primary N) is 1. The van der Waals surface area contributed by atoms with Gasteiger partial charge in [-0.05, 0) is 62.6 Å². The fraction of sp³-hybridized carbons (Fsp3) is 0.536. The summed E-state index contributed by atoms with van der Waals surface area (Å²) in [7, 11) is 3.03. The van der Waals surface area contributed by atoms with Crippen LogP contribution in [0.15, 0.2) is 21.3 Å². The Morgan fingerprint density at radius 3 is 2.24 bits per heavy atom. The fourth-order valence-corrected chi connectivity index (χ4v) is 5.09. The zero-order valence-electron chi connectivity index (χ0n) is 24.2. The molecule has 0 bridgehead atoms. The molecule has 13 heteroatoms. The van der Waals surface area contributed by atoms with E-state index in [0.717, 1.165) is 54.6 Å². The van der Waals surface area contributed by atoms with Crippen molar-refractivity contribution in [2.45, 2.75) is 57.6 Å². The van der Waals surface area contributed by atoms with Gasteiger partial charge in [-0.25, -0.2) is 4.79 Å². The molecule has 0 aliphatic carbocycles. The lowest BCUT2D eigenvalue weighted by atomic mass is 9.89. The Morgan fingerprint density at radius 2 is 1.71 bits per heavy atom. The average Bonchev–Trinajstić information content (AvgIpc) is 2.94. The summed E-state index contributed by atoms with van der Waals surface area (Å²) in [5.41, 5.74) is 10.3. The lowest BCUT2D eigenvalue weighted by Gasteiger charge is -2.37. The predicted molar refractivity (Wildman–Crippen MR) is 161 cm³/mol. The Kier molecular flexibility index (Phi) is 16.2. The minimum atomic E-state index is -1.03. The molecule has 0 radical (unpaired) electrons. The molecule has 2 aromatic rings. The Morgan fingerprint density at radius 1 is 1.05 bits per heavy atom. The summed E-state index contributed by atoms with van der Waals surface area (Å²) in [4.78, 5) is 54.5. The molecule has 2 aliphatic heterocycles. The number of fused-ring (bicyclic) bond motifs is 2. The Bertz CT molecular complexity index is 1230. The SMILES string of the molecule is CC(=O)NCC(=O)O.CN.CNC(=O)CCCC(=O)O.CSCc1cc(=O)oc2c3c4c(cc12)CCCN4CCC3. The van der Waals surface area contributed by atoms with E-state index in [1.165, 1.54) is 44.3 Å². The van der Waals surface area contributed by atoms with E-state index in [-0.39, 0.29) is 30.4 Å². The number of carboxylic acids is 2. The van der Waals surface area contributed by atoms with Crippen LogP contribution in [0.2, 0.25) is 0 Å². The smallest absolute Gasteiger partial charge is 0.336 e. The zero-order chi connectivity index (χ0) is 30.9. The highest BCUT2D eigenvalue weighted by Crippen LogP contribution is 2.40. The maximum atomic E-state index is 11.9. The van der Waals surface area contributed by atoms with Crippen LogP contribution in [0, 0.1) is 0 Å². The van der Waals surface area contributed by atoms with Crippen LogP contribution in [0.25, 0.3) is 11.0 Å². The second kappa shape index (κ2) is 18.7. The van der Waals surface area contributed by atoms with Crippen molar-refractivity contribution in [2.24, 2.45) is 5.73 Å². The molecule has 6 N–H and O–H groups in total. The molecule has 0 saturated carbocycles. The van der Waals surface area contributed by atoms with Crippen LogP contribution >= 0.6 is 11.8 Å². The van der Waals surface area contributed by atoms with E-state index in [2.05, 4.69) is 33.6 Å². The molecular weight excluding hydrogens is 552 g/mol. The third kappa shape index (κ3) is 11.8. The monoisotopic (exact) mass is 594 g/mol. The van der Waals surface area contributed by atoms with Crippen LogP contribution in [0.3, 0.4) is 0 Å². The largest absolute Gasteiger partial charge is 0.481 e. The van der Waals surface area contributed by atoms with Crippen molar-refractivity contribution in [1.29, 1.82) is 0 Å². The first-order chi connectivity index (χ1) is 19.6. The molecular formula is C28H42N4O8S. The van der Waals surface area contributed by atoms with Gasteiger partial charge >= 0.3 is 17.6 Å². The minimum Gasteiger partial charge on any atom is -0.481 e.